The first-order valence-electron chi connectivity index (χ1n) is 4.47. The second-order valence-corrected chi connectivity index (χ2v) is 3.78. The molecule has 64 valence electrons. The average molecular weight is 155 g/mol. The number of hydrogen-bond acceptors (Lipinski definition) is 1. The van der Waals surface area contributed by atoms with Crippen LogP contribution in [0, 0.1) is 0 Å². The first-order chi connectivity index (χ1) is 5.11. The quantitative estimate of drug-likeness (QED) is 0.542. The van der Waals surface area contributed by atoms with Crippen molar-refractivity contribution in [3.63, 3.8) is 0 Å². The van der Waals surface area contributed by atoms with E-state index in [4.69, 9.17) is 0 Å². The van der Waals surface area contributed by atoms with Crippen LogP contribution in [0.5, 0.6) is 0 Å². The molecule has 1 heterocycles. The minimum atomic E-state index is 0.652. The smallest absolute Gasteiger partial charge is 0.234 e. The van der Waals surface area contributed by atoms with Crippen LogP contribution in [-0.4, -0.2) is 41.0 Å². The van der Waals surface area contributed by atoms with Crippen molar-refractivity contribution in [1.82, 2.24) is 4.90 Å². The van der Waals surface area contributed by atoms with Crippen LogP contribution < -0.4 is 0 Å². The molecular formula is C9H19N2+. The molecule has 0 aromatic carbocycles. The van der Waals surface area contributed by atoms with Gasteiger partial charge in [-0.15, -0.1) is 0 Å². The summed E-state index contributed by atoms with van der Waals surface area (Å²) in [6, 6.07) is 1.30. The molecule has 1 aliphatic rings. The normalized spacial score (nSPS) is 18.4. The summed E-state index contributed by atoms with van der Waals surface area (Å²) in [6.45, 7) is 11.3. The molecule has 0 fully saturated rings. The van der Waals surface area contributed by atoms with Crippen LogP contribution in [-0.2, 0) is 0 Å². The minimum absolute atomic E-state index is 0.652. The highest BCUT2D eigenvalue weighted by molar-refractivity contribution is 5.50. The molecule has 2 heteroatoms. The van der Waals surface area contributed by atoms with E-state index in [0.29, 0.717) is 12.1 Å². The van der Waals surface area contributed by atoms with Crippen LogP contribution in [0.3, 0.4) is 0 Å². The van der Waals surface area contributed by atoms with Crippen molar-refractivity contribution in [1.29, 1.82) is 0 Å². The summed E-state index contributed by atoms with van der Waals surface area (Å²) in [5, 5.41) is 0. The van der Waals surface area contributed by atoms with Crippen molar-refractivity contribution in [3.8, 4) is 0 Å². The Labute approximate surface area is 69.5 Å². The molecule has 0 amide bonds. The van der Waals surface area contributed by atoms with Crippen LogP contribution in [0.15, 0.2) is 0 Å². The minimum Gasteiger partial charge on any atom is -0.262 e. The maximum atomic E-state index is 2.39. The fourth-order valence-corrected chi connectivity index (χ4v) is 1.32. The molecule has 0 aliphatic carbocycles. The van der Waals surface area contributed by atoms with E-state index < -0.39 is 0 Å². The summed E-state index contributed by atoms with van der Waals surface area (Å²) >= 11 is 0. The van der Waals surface area contributed by atoms with Gasteiger partial charge in [0.25, 0.3) is 0 Å². The number of hydrogen-bond donors (Lipinski definition) is 0. The van der Waals surface area contributed by atoms with E-state index in [1.165, 1.54) is 13.1 Å². The molecule has 0 aromatic rings. The Hall–Kier alpha value is -0.530. The summed E-state index contributed by atoms with van der Waals surface area (Å²) in [6.07, 6.45) is 2.26. The van der Waals surface area contributed by atoms with Gasteiger partial charge >= 0.3 is 0 Å². The van der Waals surface area contributed by atoms with Crippen LogP contribution in [0.1, 0.15) is 27.7 Å². The summed E-state index contributed by atoms with van der Waals surface area (Å²) in [4.78, 5) is 2.39. The van der Waals surface area contributed by atoms with Gasteiger partial charge in [-0.3, -0.25) is 9.48 Å². The zero-order chi connectivity index (χ0) is 8.43. The van der Waals surface area contributed by atoms with Crippen molar-refractivity contribution in [3.05, 3.63) is 0 Å². The third-order valence-corrected chi connectivity index (χ3v) is 2.24. The van der Waals surface area contributed by atoms with E-state index in [9.17, 15) is 0 Å². The van der Waals surface area contributed by atoms with Crippen molar-refractivity contribution >= 4 is 6.34 Å². The van der Waals surface area contributed by atoms with Crippen molar-refractivity contribution in [2.24, 2.45) is 0 Å². The summed E-state index contributed by atoms with van der Waals surface area (Å²) in [5.41, 5.74) is 0. The lowest BCUT2D eigenvalue weighted by molar-refractivity contribution is -0.545. The molecular weight excluding hydrogens is 136 g/mol. The van der Waals surface area contributed by atoms with E-state index in [2.05, 4.69) is 43.5 Å². The van der Waals surface area contributed by atoms with E-state index in [-0.39, 0.29) is 0 Å². The van der Waals surface area contributed by atoms with Gasteiger partial charge in [0.05, 0.1) is 12.1 Å². The molecule has 0 N–H and O–H groups in total. The molecule has 0 saturated heterocycles. The van der Waals surface area contributed by atoms with Gasteiger partial charge in [0.15, 0.2) is 0 Å². The van der Waals surface area contributed by atoms with Crippen molar-refractivity contribution in [2.45, 2.75) is 39.8 Å². The lowest BCUT2D eigenvalue weighted by Gasteiger charge is -2.09. The Morgan fingerprint density at radius 1 is 1.27 bits per heavy atom. The molecule has 0 radical (unpaired) electrons. The molecule has 0 spiro atoms. The topological polar surface area (TPSA) is 6.25 Å². The Morgan fingerprint density at radius 2 is 1.91 bits per heavy atom. The number of rotatable bonds is 2. The lowest BCUT2D eigenvalue weighted by atomic mass is 10.3. The highest BCUT2D eigenvalue weighted by atomic mass is 15.3. The van der Waals surface area contributed by atoms with Crippen LogP contribution in [0.2, 0.25) is 0 Å². The zero-order valence-corrected chi connectivity index (χ0v) is 8.04. The van der Waals surface area contributed by atoms with Gasteiger partial charge in [-0.25, -0.2) is 0 Å². The molecule has 0 aromatic heterocycles. The van der Waals surface area contributed by atoms with E-state index in [0.717, 1.165) is 0 Å². The second-order valence-electron chi connectivity index (χ2n) is 3.78. The molecule has 0 bridgehead atoms. The standard InChI is InChI=1S/C9H19N2/c1-8(2)10-5-6-11(7-10)9(3)4/h7-9H,5-6H2,1-4H3/q+1. The van der Waals surface area contributed by atoms with Crippen LogP contribution >= 0.6 is 0 Å². The third-order valence-electron chi connectivity index (χ3n) is 2.24. The predicted octanol–water partition coefficient (Wildman–Crippen LogP) is 1.16. The largest absolute Gasteiger partial charge is 0.262 e. The van der Waals surface area contributed by atoms with Crippen molar-refractivity contribution in [2.75, 3.05) is 13.1 Å². The van der Waals surface area contributed by atoms with Gasteiger partial charge in [0, 0.05) is 0 Å². The first-order valence-corrected chi connectivity index (χ1v) is 4.47. The lowest BCUT2D eigenvalue weighted by Crippen LogP contribution is -2.27. The van der Waals surface area contributed by atoms with Gasteiger partial charge in [-0.2, -0.15) is 0 Å². The zero-order valence-electron chi connectivity index (χ0n) is 8.04. The molecule has 1 rings (SSSR count). The van der Waals surface area contributed by atoms with Crippen LogP contribution in [0.4, 0.5) is 0 Å². The van der Waals surface area contributed by atoms with Crippen LogP contribution in [0.25, 0.3) is 0 Å². The second kappa shape index (κ2) is 3.24. The van der Waals surface area contributed by atoms with Crippen molar-refractivity contribution < 1.29 is 4.58 Å². The van der Waals surface area contributed by atoms with E-state index >= 15 is 0 Å². The highest BCUT2D eigenvalue weighted by Gasteiger charge is 2.22. The highest BCUT2D eigenvalue weighted by Crippen LogP contribution is 2.02. The summed E-state index contributed by atoms with van der Waals surface area (Å²) in [5.74, 6) is 0. The van der Waals surface area contributed by atoms with Gasteiger partial charge in [0.2, 0.25) is 6.34 Å². The van der Waals surface area contributed by atoms with Gasteiger partial charge in [0.1, 0.15) is 13.1 Å². The van der Waals surface area contributed by atoms with Gasteiger partial charge in [-0.05, 0) is 27.7 Å². The molecule has 0 atom stereocenters. The molecule has 0 unspecified atom stereocenters. The molecule has 1 aliphatic heterocycles. The maximum Gasteiger partial charge on any atom is 0.234 e. The summed E-state index contributed by atoms with van der Waals surface area (Å²) < 4.78 is 2.39. The van der Waals surface area contributed by atoms with Gasteiger partial charge in [-0.1, -0.05) is 0 Å². The molecule has 0 saturated carbocycles. The predicted molar refractivity (Wildman–Crippen MR) is 48.2 cm³/mol. The Balaban J connectivity index is 2.54. The fraction of sp³-hybridized carbons (Fsp3) is 0.889. The van der Waals surface area contributed by atoms with Gasteiger partial charge < -0.3 is 0 Å². The summed E-state index contributed by atoms with van der Waals surface area (Å²) in [7, 11) is 0. The van der Waals surface area contributed by atoms with E-state index in [1.807, 2.05) is 0 Å². The number of nitrogens with zero attached hydrogens (tertiary/aromatic N) is 2. The SMILES string of the molecule is CC(C)N1C=[N+](C(C)C)CC1. The average Bonchev–Trinajstić information content (AvgIpc) is 2.33. The third kappa shape index (κ3) is 1.95. The Bertz CT molecular complexity index is 159. The monoisotopic (exact) mass is 155 g/mol. The first kappa shape index (κ1) is 8.57. The maximum absolute atomic E-state index is 2.39. The Kier molecular flexibility index (Phi) is 2.53. The molecule has 11 heavy (non-hydrogen) atoms. The fourth-order valence-electron chi connectivity index (χ4n) is 1.32. The molecule has 2 nitrogen and oxygen atoms in total. The van der Waals surface area contributed by atoms with E-state index in [1.54, 1.807) is 0 Å². The Morgan fingerprint density at radius 3 is 2.18 bits per heavy atom.